The maximum absolute atomic E-state index is 10.7. The lowest BCUT2D eigenvalue weighted by atomic mass is 10.2. The average Bonchev–Trinajstić information content (AvgIpc) is 2.39. The Bertz CT molecular complexity index is 545. The molecule has 0 aromatic heterocycles. The van der Waals surface area contributed by atoms with E-state index >= 15 is 0 Å². The van der Waals surface area contributed by atoms with Gasteiger partial charge in [-0.3, -0.25) is 10.1 Å². The van der Waals surface area contributed by atoms with Gasteiger partial charge in [-0.1, -0.05) is 11.5 Å². The molecule has 2 rings (SSSR count). The van der Waals surface area contributed by atoms with Crippen LogP contribution in [0.4, 0.5) is 11.4 Å². The number of nitrogens with zero attached hydrogens (tertiary/aromatic N) is 4. The minimum absolute atomic E-state index is 0.0179. The quantitative estimate of drug-likeness (QED) is 0.584. The maximum atomic E-state index is 10.7. The highest BCUT2D eigenvalue weighted by atomic mass is 16.7. The Morgan fingerprint density at radius 1 is 1.37 bits per heavy atom. The monoisotopic (exact) mass is 266 g/mol. The van der Waals surface area contributed by atoms with E-state index in [1.54, 1.807) is 17.0 Å². The standard InChI is InChI=1S/C9H10N6O4/c16-14(17)8-3-1-2-7(4-8)13-5-10-9(11-6-13)12-15(18)19/h1-4H,5-6H2,(H2,10,11,12). The topological polar surface area (TPSA) is 126 Å². The summed E-state index contributed by atoms with van der Waals surface area (Å²) in [6.45, 7) is 0.436. The maximum Gasteiger partial charge on any atom is 0.271 e. The van der Waals surface area contributed by atoms with Gasteiger partial charge in [-0.05, 0) is 6.07 Å². The summed E-state index contributed by atoms with van der Waals surface area (Å²) in [4.78, 5) is 26.0. The number of hydrogen-bond donors (Lipinski definition) is 2. The summed E-state index contributed by atoms with van der Waals surface area (Å²) in [5.74, 6) is 0.0617. The van der Waals surface area contributed by atoms with Crippen molar-refractivity contribution in [2.75, 3.05) is 18.2 Å². The van der Waals surface area contributed by atoms with E-state index in [0.717, 1.165) is 0 Å². The first-order valence-corrected chi connectivity index (χ1v) is 5.25. The van der Waals surface area contributed by atoms with Crippen LogP contribution in [-0.2, 0) is 0 Å². The third kappa shape index (κ3) is 3.06. The SMILES string of the molecule is O=[N+]([O-])NC1=NCN(c2cccc([N+](=O)[O-])c2)CN1. The summed E-state index contributed by atoms with van der Waals surface area (Å²) in [7, 11) is 0. The van der Waals surface area contributed by atoms with Crippen LogP contribution in [-0.4, -0.2) is 29.3 Å². The fourth-order valence-corrected chi connectivity index (χ4v) is 1.57. The lowest BCUT2D eigenvalue weighted by Gasteiger charge is -2.27. The number of nitro benzene ring substituents is 1. The first-order chi connectivity index (χ1) is 9.06. The van der Waals surface area contributed by atoms with Crippen molar-refractivity contribution in [1.29, 1.82) is 0 Å². The zero-order chi connectivity index (χ0) is 13.8. The molecule has 100 valence electrons. The number of guanidine groups is 1. The molecule has 19 heavy (non-hydrogen) atoms. The molecule has 1 aliphatic heterocycles. The Kier molecular flexibility index (Phi) is 3.41. The lowest BCUT2D eigenvalue weighted by molar-refractivity contribution is -0.525. The summed E-state index contributed by atoms with van der Waals surface area (Å²) in [5, 5.41) is 22.9. The molecular formula is C9H10N6O4. The molecule has 1 heterocycles. The Labute approximate surface area is 107 Å². The summed E-state index contributed by atoms with van der Waals surface area (Å²) < 4.78 is 0. The third-order valence-corrected chi connectivity index (χ3v) is 2.44. The minimum atomic E-state index is -0.713. The third-order valence-electron chi connectivity index (χ3n) is 2.44. The van der Waals surface area contributed by atoms with Crippen LogP contribution in [0, 0.1) is 20.2 Å². The molecule has 0 radical (unpaired) electrons. The molecule has 0 saturated carbocycles. The van der Waals surface area contributed by atoms with Gasteiger partial charge < -0.3 is 10.2 Å². The van der Waals surface area contributed by atoms with Gasteiger partial charge >= 0.3 is 0 Å². The molecule has 0 saturated heterocycles. The van der Waals surface area contributed by atoms with E-state index in [-0.39, 0.29) is 25.0 Å². The first-order valence-electron chi connectivity index (χ1n) is 5.25. The highest BCUT2D eigenvalue weighted by Crippen LogP contribution is 2.21. The van der Waals surface area contributed by atoms with Crippen LogP contribution in [0.1, 0.15) is 0 Å². The number of hydrogen-bond acceptors (Lipinski definition) is 7. The van der Waals surface area contributed by atoms with Crippen molar-refractivity contribution < 1.29 is 9.96 Å². The number of non-ortho nitro benzene ring substituents is 1. The van der Waals surface area contributed by atoms with Gasteiger partial charge in [0.15, 0.2) is 5.03 Å². The second-order valence-electron chi connectivity index (χ2n) is 3.67. The van der Waals surface area contributed by atoms with Crippen LogP contribution in [0.3, 0.4) is 0 Å². The molecule has 0 unspecified atom stereocenters. The highest BCUT2D eigenvalue weighted by molar-refractivity contribution is 5.80. The smallest absolute Gasteiger partial charge is 0.271 e. The first kappa shape index (κ1) is 12.5. The van der Waals surface area contributed by atoms with Crippen molar-refractivity contribution in [2.45, 2.75) is 0 Å². The minimum Gasteiger partial charge on any atom is -0.334 e. The fraction of sp³-hybridized carbons (Fsp3) is 0.222. The predicted octanol–water partition coefficient (Wildman–Crippen LogP) is 0.0567. The van der Waals surface area contributed by atoms with Gasteiger partial charge in [0.2, 0.25) is 0 Å². The van der Waals surface area contributed by atoms with Crippen molar-refractivity contribution in [1.82, 2.24) is 10.7 Å². The van der Waals surface area contributed by atoms with Crippen molar-refractivity contribution in [3.63, 3.8) is 0 Å². The molecule has 0 fully saturated rings. The Morgan fingerprint density at radius 3 is 2.74 bits per heavy atom. The summed E-state index contributed by atoms with van der Waals surface area (Å²) in [5.41, 5.74) is 2.51. The molecule has 1 aliphatic rings. The van der Waals surface area contributed by atoms with Crippen molar-refractivity contribution in [3.05, 3.63) is 44.5 Å². The second kappa shape index (κ2) is 5.16. The number of nitrogens with one attached hydrogen (secondary N) is 2. The molecule has 2 N–H and O–H groups in total. The molecule has 0 aliphatic carbocycles. The van der Waals surface area contributed by atoms with Crippen LogP contribution >= 0.6 is 0 Å². The summed E-state index contributed by atoms with van der Waals surface area (Å²) in [6.07, 6.45) is 0. The Balaban J connectivity index is 2.09. The molecular weight excluding hydrogens is 256 g/mol. The van der Waals surface area contributed by atoms with Crippen LogP contribution in [0.25, 0.3) is 0 Å². The predicted molar refractivity (Wildman–Crippen MR) is 66.0 cm³/mol. The van der Waals surface area contributed by atoms with E-state index in [1.165, 1.54) is 12.1 Å². The van der Waals surface area contributed by atoms with Crippen LogP contribution < -0.4 is 15.6 Å². The number of hydrazine groups is 1. The second-order valence-corrected chi connectivity index (χ2v) is 3.67. The zero-order valence-electron chi connectivity index (χ0n) is 9.65. The number of rotatable bonds is 3. The molecule has 10 nitrogen and oxygen atoms in total. The van der Waals surface area contributed by atoms with E-state index < -0.39 is 9.96 Å². The summed E-state index contributed by atoms with van der Waals surface area (Å²) in [6, 6.07) is 6.09. The van der Waals surface area contributed by atoms with Crippen LogP contribution in [0.15, 0.2) is 29.3 Å². The summed E-state index contributed by atoms with van der Waals surface area (Å²) >= 11 is 0. The molecule has 10 heteroatoms. The number of anilines is 1. The highest BCUT2D eigenvalue weighted by Gasteiger charge is 2.16. The van der Waals surface area contributed by atoms with Gasteiger partial charge in [0.1, 0.15) is 6.67 Å². The van der Waals surface area contributed by atoms with Gasteiger partial charge in [-0.2, -0.15) is 0 Å². The number of nitro groups is 2. The lowest BCUT2D eigenvalue weighted by Crippen LogP contribution is -2.50. The van der Waals surface area contributed by atoms with Gasteiger partial charge in [-0.15, -0.1) is 0 Å². The molecule has 0 bridgehead atoms. The molecule has 1 aromatic carbocycles. The Morgan fingerprint density at radius 2 is 2.16 bits per heavy atom. The average molecular weight is 266 g/mol. The molecule has 0 atom stereocenters. The van der Waals surface area contributed by atoms with Crippen LogP contribution in [0.2, 0.25) is 0 Å². The van der Waals surface area contributed by atoms with Crippen molar-refractivity contribution in [2.24, 2.45) is 4.99 Å². The van der Waals surface area contributed by atoms with Gasteiger partial charge in [0.05, 0.1) is 11.6 Å². The number of aliphatic imine (C=N–C) groups is 1. The van der Waals surface area contributed by atoms with E-state index in [9.17, 15) is 20.2 Å². The van der Waals surface area contributed by atoms with Crippen molar-refractivity contribution in [3.8, 4) is 0 Å². The number of benzene rings is 1. The van der Waals surface area contributed by atoms with Gasteiger partial charge in [0, 0.05) is 17.8 Å². The van der Waals surface area contributed by atoms with E-state index in [4.69, 9.17) is 0 Å². The van der Waals surface area contributed by atoms with Gasteiger partial charge in [-0.25, -0.2) is 15.1 Å². The molecule has 1 aromatic rings. The van der Waals surface area contributed by atoms with E-state index in [0.29, 0.717) is 5.69 Å². The molecule has 0 amide bonds. The Hall–Kier alpha value is -2.91. The fourth-order valence-electron chi connectivity index (χ4n) is 1.57. The largest absolute Gasteiger partial charge is 0.334 e. The van der Waals surface area contributed by atoms with Crippen molar-refractivity contribution >= 4 is 17.3 Å². The van der Waals surface area contributed by atoms with Crippen LogP contribution in [0.5, 0.6) is 0 Å². The molecule has 0 spiro atoms. The zero-order valence-corrected chi connectivity index (χ0v) is 9.65. The normalized spacial score (nSPS) is 14.3. The van der Waals surface area contributed by atoms with E-state index in [2.05, 4.69) is 10.3 Å². The van der Waals surface area contributed by atoms with E-state index in [1.807, 2.05) is 5.43 Å². The van der Waals surface area contributed by atoms with Gasteiger partial charge in [0.25, 0.3) is 11.6 Å².